The number of carbonyl (C=O) groups is 1. The zero-order valence-electron chi connectivity index (χ0n) is 10.7. The zero-order valence-corrected chi connectivity index (χ0v) is 10.7. The highest BCUT2D eigenvalue weighted by Crippen LogP contribution is 2.69. The monoisotopic (exact) mass is 217 g/mol. The number of hydrogen-bond acceptors (Lipinski definition) is 2. The van der Waals surface area contributed by atoms with E-state index in [1.165, 1.54) is 0 Å². The molecule has 1 aliphatic carbocycles. The largest absolute Gasteiger partial charge is 0.294 e. The summed E-state index contributed by atoms with van der Waals surface area (Å²) < 4.78 is 0. The van der Waals surface area contributed by atoms with E-state index in [2.05, 4.69) is 32.7 Å². The number of carbonyl (C=O) groups excluding carboxylic acids is 1. The summed E-state index contributed by atoms with van der Waals surface area (Å²) in [7, 11) is 0. The molecular formula is C14H19NO. The Morgan fingerprint density at radius 3 is 2.25 bits per heavy atom. The Morgan fingerprint density at radius 2 is 1.81 bits per heavy atom. The van der Waals surface area contributed by atoms with Crippen LogP contribution in [0.1, 0.15) is 43.6 Å². The van der Waals surface area contributed by atoms with Gasteiger partial charge in [-0.25, -0.2) is 0 Å². The minimum atomic E-state index is 0.104. The third-order valence-corrected chi connectivity index (χ3v) is 4.59. The summed E-state index contributed by atoms with van der Waals surface area (Å²) >= 11 is 0. The van der Waals surface area contributed by atoms with Crippen LogP contribution in [-0.2, 0) is 0 Å². The van der Waals surface area contributed by atoms with Crippen molar-refractivity contribution in [3.63, 3.8) is 0 Å². The van der Waals surface area contributed by atoms with Crippen LogP contribution in [0.2, 0.25) is 0 Å². The number of pyridine rings is 1. The van der Waals surface area contributed by atoms with Crippen molar-refractivity contribution in [3.05, 3.63) is 29.6 Å². The van der Waals surface area contributed by atoms with Crippen molar-refractivity contribution in [2.45, 2.75) is 34.6 Å². The molecule has 1 aromatic heterocycles. The maximum Gasteiger partial charge on any atom is 0.168 e. The quantitative estimate of drug-likeness (QED) is 0.712. The molecule has 1 aliphatic rings. The van der Waals surface area contributed by atoms with Gasteiger partial charge in [0.15, 0.2) is 5.78 Å². The summed E-state index contributed by atoms with van der Waals surface area (Å²) in [6.45, 7) is 10.6. The molecule has 2 rings (SSSR count). The number of nitrogens with zero attached hydrogens (tertiary/aromatic N) is 1. The van der Waals surface area contributed by atoms with Crippen LogP contribution >= 0.6 is 0 Å². The van der Waals surface area contributed by atoms with Crippen LogP contribution in [-0.4, -0.2) is 10.8 Å². The van der Waals surface area contributed by atoms with Crippen LogP contribution in [0, 0.1) is 23.7 Å². The van der Waals surface area contributed by atoms with Gasteiger partial charge in [-0.2, -0.15) is 0 Å². The number of ketones is 1. The third-order valence-electron chi connectivity index (χ3n) is 4.59. The number of aryl methyl sites for hydroxylation is 1. The molecule has 0 atom stereocenters. The number of rotatable bonds is 2. The first-order chi connectivity index (χ1) is 7.30. The molecule has 1 aromatic rings. The summed E-state index contributed by atoms with van der Waals surface area (Å²) in [5.41, 5.74) is 2.02. The van der Waals surface area contributed by atoms with Crippen LogP contribution in [0.25, 0.3) is 0 Å². The van der Waals surface area contributed by atoms with Gasteiger partial charge in [-0.15, -0.1) is 0 Å². The third kappa shape index (κ3) is 1.32. The Morgan fingerprint density at radius 1 is 1.25 bits per heavy atom. The molecule has 16 heavy (non-hydrogen) atoms. The van der Waals surface area contributed by atoms with Gasteiger partial charge in [0.25, 0.3) is 0 Å². The first-order valence-electron chi connectivity index (χ1n) is 5.75. The summed E-state index contributed by atoms with van der Waals surface area (Å²) in [5, 5.41) is 0. The van der Waals surface area contributed by atoms with Crippen molar-refractivity contribution in [2.24, 2.45) is 16.7 Å². The molecular weight excluding hydrogens is 198 g/mol. The lowest BCUT2D eigenvalue weighted by Crippen LogP contribution is -2.09. The second kappa shape index (κ2) is 3.16. The van der Waals surface area contributed by atoms with Crippen LogP contribution < -0.4 is 0 Å². The van der Waals surface area contributed by atoms with Gasteiger partial charge in [-0.1, -0.05) is 27.7 Å². The molecule has 0 amide bonds. The molecule has 0 unspecified atom stereocenters. The van der Waals surface area contributed by atoms with Crippen molar-refractivity contribution >= 4 is 5.78 Å². The van der Waals surface area contributed by atoms with Crippen molar-refractivity contribution in [3.8, 4) is 0 Å². The van der Waals surface area contributed by atoms with Crippen LogP contribution in [0.15, 0.2) is 18.5 Å². The second-order valence-corrected chi connectivity index (χ2v) is 5.93. The Labute approximate surface area is 97.1 Å². The van der Waals surface area contributed by atoms with Crippen molar-refractivity contribution in [1.82, 2.24) is 4.98 Å². The van der Waals surface area contributed by atoms with E-state index in [0.717, 1.165) is 11.1 Å². The molecule has 0 N–H and O–H groups in total. The van der Waals surface area contributed by atoms with E-state index in [1.807, 2.05) is 13.0 Å². The normalized spacial score (nSPS) is 21.8. The fraction of sp³-hybridized carbons (Fsp3) is 0.571. The van der Waals surface area contributed by atoms with Gasteiger partial charge in [-0.3, -0.25) is 9.78 Å². The van der Waals surface area contributed by atoms with E-state index in [1.54, 1.807) is 12.4 Å². The standard InChI is InChI=1S/C14H19NO/c1-9-6-7-15-8-10(9)11(16)12-13(2,3)14(12,4)5/h6-8,12H,1-5H3. The smallest absolute Gasteiger partial charge is 0.168 e. The molecule has 1 fully saturated rings. The molecule has 0 bridgehead atoms. The predicted molar refractivity (Wildman–Crippen MR) is 64.4 cm³/mol. The maximum absolute atomic E-state index is 12.4. The summed E-state index contributed by atoms with van der Waals surface area (Å²) in [6, 6.07) is 1.90. The highest BCUT2D eigenvalue weighted by atomic mass is 16.1. The van der Waals surface area contributed by atoms with E-state index in [-0.39, 0.29) is 22.5 Å². The number of aromatic nitrogens is 1. The van der Waals surface area contributed by atoms with Crippen molar-refractivity contribution < 1.29 is 4.79 Å². The van der Waals surface area contributed by atoms with E-state index >= 15 is 0 Å². The van der Waals surface area contributed by atoms with E-state index in [9.17, 15) is 4.79 Å². The summed E-state index contributed by atoms with van der Waals surface area (Å²) in [6.07, 6.45) is 3.43. The molecule has 1 heterocycles. The lowest BCUT2D eigenvalue weighted by Gasteiger charge is -2.04. The first-order valence-corrected chi connectivity index (χ1v) is 5.75. The van der Waals surface area contributed by atoms with Gasteiger partial charge < -0.3 is 0 Å². The highest BCUT2D eigenvalue weighted by Gasteiger charge is 2.67. The van der Waals surface area contributed by atoms with Gasteiger partial charge >= 0.3 is 0 Å². The van der Waals surface area contributed by atoms with Gasteiger partial charge in [0.05, 0.1) is 0 Å². The Balaban J connectivity index is 2.34. The van der Waals surface area contributed by atoms with Crippen molar-refractivity contribution in [1.29, 1.82) is 0 Å². The Kier molecular flexibility index (Phi) is 2.23. The molecule has 2 heteroatoms. The van der Waals surface area contributed by atoms with Crippen LogP contribution in [0.3, 0.4) is 0 Å². The lowest BCUT2D eigenvalue weighted by atomic mass is 9.99. The fourth-order valence-corrected chi connectivity index (χ4v) is 2.73. The topological polar surface area (TPSA) is 30.0 Å². The molecule has 2 nitrogen and oxygen atoms in total. The minimum absolute atomic E-state index is 0.104. The SMILES string of the molecule is Cc1ccncc1C(=O)C1C(C)(C)C1(C)C. The minimum Gasteiger partial charge on any atom is -0.294 e. The first kappa shape index (κ1) is 11.3. The van der Waals surface area contributed by atoms with E-state index < -0.39 is 0 Å². The van der Waals surface area contributed by atoms with Gasteiger partial charge in [0, 0.05) is 23.9 Å². The molecule has 0 saturated heterocycles. The highest BCUT2D eigenvalue weighted by molar-refractivity contribution is 6.02. The van der Waals surface area contributed by atoms with Gasteiger partial charge in [0.2, 0.25) is 0 Å². The summed E-state index contributed by atoms with van der Waals surface area (Å²) in [5.74, 6) is 0.378. The average molecular weight is 217 g/mol. The average Bonchev–Trinajstić information content (AvgIpc) is 2.57. The van der Waals surface area contributed by atoms with E-state index in [4.69, 9.17) is 0 Å². The van der Waals surface area contributed by atoms with Crippen molar-refractivity contribution in [2.75, 3.05) is 0 Å². The molecule has 0 radical (unpaired) electrons. The fourth-order valence-electron chi connectivity index (χ4n) is 2.73. The zero-order chi connectivity index (χ0) is 12.1. The van der Waals surface area contributed by atoms with Gasteiger partial charge in [0.1, 0.15) is 0 Å². The number of hydrogen-bond donors (Lipinski definition) is 0. The Bertz CT molecular complexity index is 432. The number of Topliss-reactive ketones (excluding diaryl/α,β-unsaturated/α-hetero) is 1. The second-order valence-electron chi connectivity index (χ2n) is 5.93. The molecule has 0 aliphatic heterocycles. The maximum atomic E-state index is 12.4. The predicted octanol–water partition coefficient (Wildman–Crippen LogP) is 3.25. The van der Waals surface area contributed by atoms with Crippen LogP contribution in [0.5, 0.6) is 0 Å². The van der Waals surface area contributed by atoms with E-state index in [0.29, 0.717) is 0 Å². The molecule has 1 saturated carbocycles. The summed E-state index contributed by atoms with van der Waals surface area (Å²) in [4.78, 5) is 16.5. The molecule has 0 aromatic carbocycles. The van der Waals surface area contributed by atoms with Crippen LogP contribution in [0.4, 0.5) is 0 Å². The Hall–Kier alpha value is -1.18. The molecule has 86 valence electrons. The molecule has 0 spiro atoms. The lowest BCUT2D eigenvalue weighted by molar-refractivity contribution is 0.0944. The van der Waals surface area contributed by atoms with Gasteiger partial charge in [-0.05, 0) is 29.4 Å².